The van der Waals surface area contributed by atoms with Gasteiger partial charge in [-0.1, -0.05) is 24.8 Å². The highest BCUT2D eigenvalue weighted by Crippen LogP contribution is 2.39. The molecule has 2 heterocycles. The van der Waals surface area contributed by atoms with E-state index in [0.29, 0.717) is 29.4 Å². The van der Waals surface area contributed by atoms with Gasteiger partial charge in [0.1, 0.15) is 16.5 Å². The van der Waals surface area contributed by atoms with Crippen molar-refractivity contribution in [2.75, 3.05) is 56.9 Å². The van der Waals surface area contributed by atoms with Gasteiger partial charge in [0.15, 0.2) is 0 Å². The highest BCUT2D eigenvalue weighted by Gasteiger charge is 2.48. The Labute approximate surface area is 246 Å². The van der Waals surface area contributed by atoms with E-state index < -0.39 is 26.1 Å². The fraction of sp³-hybridized carbons (Fsp3) is 0.250. The number of nitrogens with zero attached hydrogens (tertiary/aromatic N) is 5. The van der Waals surface area contributed by atoms with E-state index in [2.05, 4.69) is 27.2 Å². The summed E-state index contributed by atoms with van der Waals surface area (Å²) in [6.45, 7) is 4.90. The number of amides is 1. The summed E-state index contributed by atoms with van der Waals surface area (Å²) in [6, 6.07) is 10.6. The number of para-hydroxylation sites is 1. The van der Waals surface area contributed by atoms with Gasteiger partial charge in [0.2, 0.25) is 11.9 Å². The van der Waals surface area contributed by atoms with Gasteiger partial charge in [0, 0.05) is 44.0 Å². The predicted octanol–water partition coefficient (Wildman–Crippen LogP) is 4.59. The van der Waals surface area contributed by atoms with Crippen LogP contribution in [0.1, 0.15) is 0 Å². The molecule has 0 spiro atoms. The van der Waals surface area contributed by atoms with Crippen molar-refractivity contribution < 1.29 is 31.1 Å². The van der Waals surface area contributed by atoms with E-state index in [1.807, 2.05) is 30.9 Å². The van der Waals surface area contributed by atoms with Crippen LogP contribution >= 0.6 is 0 Å². The van der Waals surface area contributed by atoms with E-state index in [4.69, 9.17) is 4.74 Å². The summed E-state index contributed by atoms with van der Waals surface area (Å²) in [5, 5.41) is 5.71. The maximum Gasteiger partial charge on any atom is 0.501 e. The summed E-state index contributed by atoms with van der Waals surface area (Å²) in [4.78, 5) is 24.0. The molecular weight excluding hydrogens is 587 g/mol. The van der Waals surface area contributed by atoms with E-state index in [-0.39, 0.29) is 22.7 Å². The molecule has 0 atom stereocenters. The molecule has 0 unspecified atom stereocenters. The fourth-order valence-corrected chi connectivity index (χ4v) is 5.20. The number of carbonyl (C=O) groups excluding carboxylic acids is 1. The first-order valence-corrected chi connectivity index (χ1v) is 14.3. The van der Waals surface area contributed by atoms with E-state index in [1.54, 1.807) is 18.2 Å². The number of nitrogens with one attached hydrogen (secondary N) is 2. The number of hydrogen-bond donors (Lipinski definition) is 2. The number of rotatable bonds is 11. The van der Waals surface area contributed by atoms with Crippen LogP contribution in [-0.2, 0) is 14.6 Å². The minimum absolute atomic E-state index is 0.0310. The molecule has 0 radical (unpaired) electrons. The monoisotopic (exact) mass is 617 g/mol. The van der Waals surface area contributed by atoms with E-state index >= 15 is 0 Å². The van der Waals surface area contributed by atoms with Crippen LogP contribution < -0.4 is 20.3 Å². The number of alkyl halides is 3. The second kappa shape index (κ2) is 12.3. The summed E-state index contributed by atoms with van der Waals surface area (Å²) in [6.07, 6.45) is 3.40. The molecule has 4 rings (SSSR count). The van der Waals surface area contributed by atoms with Crippen LogP contribution in [0.25, 0.3) is 16.7 Å². The third-order valence-corrected chi connectivity index (χ3v) is 7.97. The van der Waals surface area contributed by atoms with Crippen molar-refractivity contribution in [1.82, 2.24) is 19.4 Å². The van der Waals surface area contributed by atoms with Gasteiger partial charge in [-0.2, -0.15) is 18.2 Å². The topological polar surface area (TPSA) is 122 Å². The predicted molar refractivity (Wildman–Crippen MR) is 159 cm³/mol. The van der Waals surface area contributed by atoms with Gasteiger partial charge in [-0.15, -0.1) is 0 Å². The summed E-state index contributed by atoms with van der Waals surface area (Å²) in [7, 11) is 1.60. The second-order valence-electron chi connectivity index (χ2n) is 9.68. The normalized spacial score (nSPS) is 11.9. The number of anilines is 4. The third-order valence-electron chi connectivity index (χ3n) is 6.46. The zero-order valence-corrected chi connectivity index (χ0v) is 24.6. The molecule has 43 heavy (non-hydrogen) atoms. The SMILES string of the molecule is C=CC(=O)Nc1cc(Nc2nccc(-n3cc(S(=O)(=O)C(F)(F)F)c4ccccc43)n2)c(OC)cc1N(C)CCN(C)C. The Kier molecular flexibility index (Phi) is 8.96. The molecule has 0 bridgehead atoms. The lowest BCUT2D eigenvalue weighted by Gasteiger charge is -2.26. The molecule has 11 nitrogen and oxygen atoms in total. The van der Waals surface area contributed by atoms with Crippen molar-refractivity contribution in [2.24, 2.45) is 0 Å². The van der Waals surface area contributed by atoms with E-state index in [1.165, 1.54) is 42.1 Å². The Morgan fingerprint density at radius 3 is 2.49 bits per heavy atom. The van der Waals surface area contributed by atoms with Crippen LogP contribution in [0, 0.1) is 0 Å². The summed E-state index contributed by atoms with van der Waals surface area (Å²) in [5.41, 5.74) is -3.79. The number of benzene rings is 2. The molecule has 2 aromatic carbocycles. The van der Waals surface area contributed by atoms with Gasteiger partial charge in [-0.25, -0.2) is 13.4 Å². The lowest BCUT2D eigenvalue weighted by molar-refractivity contribution is -0.111. The number of aromatic nitrogens is 3. The highest BCUT2D eigenvalue weighted by atomic mass is 32.2. The zero-order chi connectivity index (χ0) is 31.5. The molecule has 4 aromatic rings. The first-order chi connectivity index (χ1) is 20.3. The van der Waals surface area contributed by atoms with Crippen molar-refractivity contribution in [3.63, 3.8) is 0 Å². The fourth-order valence-electron chi connectivity index (χ4n) is 4.25. The molecule has 0 aliphatic heterocycles. The maximum absolute atomic E-state index is 13.4. The molecule has 0 aliphatic rings. The van der Waals surface area contributed by atoms with Crippen molar-refractivity contribution in [3.8, 4) is 11.6 Å². The Morgan fingerprint density at radius 1 is 1.12 bits per heavy atom. The average Bonchev–Trinajstić information content (AvgIpc) is 3.36. The van der Waals surface area contributed by atoms with Crippen LogP contribution in [0.2, 0.25) is 0 Å². The van der Waals surface area contributed by atoms with Crippen LogP contribution in [0.3, 0.4) is 0 Å². The quantitative estimate of drug-likeness (QED) is 0.233. The number of carbonyl (C=O) groups is 1. The maximum atomic E-state index is 13.4. The highest BCUT2D eigenvalue weighted by molar-refractivity contribution is 7.92. The molecule has 228 valence electrons. The van der Waals surface area contributed by atoms with Crippen LogP contribution in [0.4, 0.5) is 36.2 Å². The summed E-state index contributed by atoms with van der Waals surface area (Å²) < 4.78 is 71.8. The van der Waals surface area contributed by atoms with Crippen molar-refractivity contribution in [3.05, 3.63) is 67.5 Å². The van der Waals surface area contributed by atoms with Gasteiger partial charge in [0.25, 0.3) is 9.84 Å². The molecule has 0 aliphatic carbocycles. The van der Waals surface area contributed by atoms with Crippen molar-refractivity contribution in [1.29, 1.82) is 0 Å². The number of ether oxygens (including phenoxy) is 1. The van der Waals surface area contributed by atoms with E-state index in [0.717, 1.165) is 18.8 Å². The minimum Gasteiger partial charge on any atom is -0.494 e. The smallest absolute Gasteiger partial charge is 0.494 e. The molecule has 0 saturated heterocycles. The van der Waals surface area contributed by atoms with E-state index in [9.17, 15) is 26.4 Å². The first-order valence-electron chi connectivity index (χ1n) is 12.8. The summed E-state index contributed by atoms with van der Waals surface area (Å²) in [5.74, 6) is 0.100. The average molecular weight is 618 g/mol. The van der Waals surface area contributed by atoms with Gasteiger partial charge in [-0.05, 0) is 38.4 Å². The standard InChI is InChI=1S/C28H30F3N7O4S/c1-6-26(39)33-19-15-20(23(42-5)16-22(19)37(4)14-13-36(2)3)34-27-32-12-11-25(35-27)38-17-24(43(40,41)28(29,30)31)18-9-7-8-10-21(18)38/h6-12,15-17H,1,13-14H2,2-5H3,(H,33,39)(H,32,34,35). The van der Waals surface area contributed by atoms with Gasteiger partial charge < -0.3 is 25.2 Å². The number of hydrogen-bond acceptors (Lipinski definition) is 9. The minimum atomic E-state index is -5.64. The largest absolute Gasteiger partial charge is 0.501 e. The molecule has 2 N–H and O–H groups in total. The molecule has 1 amide bonds. The zero-order valence-electron chi connectivity index (χ0n) is 23.8. The Morgan fingerprint density at radius 2 is 1.84 bits per heavy atom. The number of fused-ring (bicyclic) bond motifs is 1. The lowest BCUT2D eigenvalue weighted by Crippen LogP contribution is -2.29. The molecular formula is C28H30F3N7O4S. The number of methoxy groups -OCH3 is 1. The number of likely N-dealkylation sites (N-methyl/N-ethyl adjacent to an activating group) is 2. The van der Waals surface area contributed by atoms with Crippen molar-refractivity contribution >= 4 is 49.7 Å². The Hall–Kier alpha value is -4.63. The molecule has 15 heteroatoms. The lowest BCUT2D eigenvalue weighted by atomic mass is 10.2. The van der Waals surface area contributed by atoms with Gasteiger partial charge in [-0.3, -0.25) is 9.36 Å². The number of sulfone groups is 1. The first kappa shape index (κ1) is 31.3. The Balaban J connectivity index is 1.77. The summed E-state index contributed by atoms with van der Waals surface area (Å²) >= 11 is 0. The number of halogens is 3. The molecule has 0 fully saturated rings. The second-order valence-corrected chi connectivity index (χ2v) is 11.6. The van der Waals surface area contributed by atoms with Gasteiger partial charge in [0.05, 0.1) is 29.7 Å². The Bertz CT molecular complexity index is 1770. The third kappa shape index (κ3) is 6.57. The molecule has 0 saturated carbocycles. The van der Waals surface area contributed by atoms with Crippen LogP contribution in [-0.4, -0.2) is 80.6 Å². The van der Waals surface area contributed by atoms with Crippen LogP contribution in [0.15, 0.2) is 72.4 Å². The molecule has 2 aromatic heterocycles. The van der Waals surface area contributed by atoms with Gasteiger partial charge >= 0.3 is 5.51 Å². The van der Waals surface area contributed by atoms with Crippen LogP contribution in [0.5, 0.6) is 5.75 Å². The van der Waals surface area contributed by atoms with Crippen molar-refractivity contribution in [2.45, 2.75) is 10.4 Å².